The fourth-order valence-electron chi connectivity index (χ4n) is 4.16. The molecule has 1 unspecified atom stereocenters. The summed E-state index contributed by atoms with van der Waals surface area (Å²) in [5, 5.41) is 0. The summed E-state index contributed by atoms with van der Waals surface area (Å²) in [5.41, 5.74) is -2.22. The van der Waals surface area contributed by atoms with Crippen molar-refractivity contribution in [1.82, 2.24) is 0 Å². The highest BCUT2D eigenvalue weighted by atomic mass is 19.4. The minimum absolute atomic E-state index is 0.193. The number of hydrogen-bond donors (Lipinski definition) is 0. The van der Waals surface area contributed by atoms with E-state index in [1.807, 2.05) is 6.07 Å². The van der Waals surface area contributed by atoms with Crippen molar-refractivity contribution in [3.8, 4) is 5.75 Å². The average molecular weight is 471 g/mol. The lowest BCUT2D eigenvalue weighted by atomic mass is 9.72. The van der Waals surface area contributed by atoms with Gasteiger partial charge in [-0.05, 0) is 43.0 Å². The lowest BCUT2D eigenvalue weighted by molar-refractivity contribution is -0.288. The third-order valence-corrected chi connectivity index (χ3v) is 5.56. The predicted molar refractivity (Wildman–Crippen MR) is 117 cm³/mol. The third kappa shape index (κ3) is 6.12. The van der Waals surface area contributed by atoms with Crippen molar-refractivity contribution in [2.45, 2.75) is 57.7 Å². The molecule has 0 radical (unpaired) electrons. The van der Waals surface area contributed by atoms with E-state index in [0.29, 0.717) is 5.56 Å². The van der Waals surface area contributed by atoms with E-state index >= 15 is 0 Å². The number of carbonyl (C=O) groups is 1. The summed E-state index contributed by atoms with van der Waals surface area (Å²) in [6.07, 6.45) is -6.34. The van der Waals surface area contributed by atoms with Gasteiger partial charge in [0.2, 0.25) is 5.60 Å². The molecule has 0 saturated heterocycles. The number of halogens is 4. The second kappa shape index (κ2) is 10.2. The van der Waals surface area contributed by atoms with Gasteiger partial charge in [0.15, 0.2) is 5.78 Å². The van der Waals surface area contributed by atoms with Gasteiger partial charge in [-0.3, -0.25) is 4.79 Å². The largest absolute Gasteiger partial charge is 0.496 e. The molecule has 182 valence electrons. The molecule has 2 aromatic carbocycles. The minimum atomic E-state index is -5.06. The van der Waals surface area contributed by atoms with Crippen LogP contribution in [0.25, 0.3) is 0 Å². The lowest BCUT2D eigenvalue weighted by Crippen LogP contribution is -2.58. The van der Waals surface area contributed by atoms with Crippen molar-refractivity contribution in [2.75, 3.05) is 21.0 Å². The fraction of sp³-hybridized carbons (Fsp3) is 0.480. The highest BCUT2D eigenvalue weighted by Crippen LogP contribution is 2.46. The monoisotopic (exact) mass is 470 g/mol. The zero-order valence-corrected chi connectivity index (χ0v) is 19.7. The van der Waals surface area contributed by atoms with Crippen LogP contribution in [0.5, 0.6) is 5.75 Å². The molecular formula is C25H30F4O4. The van der Waals surface area contributed by atoms with Gasteiger partial charge in [0.05, 0.1) is 7.11 Å². The van der Waals surface area contributed by atoms with E-state index in [2.05, 4.69) is 0 Å². The molecular weight excluding hydrogens is 440 g/mol. The molecule has 0 spiro atoms. The predicted octanol–water partition coefficient (Wildman–Crippen LogP) is 5.85. The molecule has 8 heteroatoms. The Morgan fingerprint density at radius 2 is 1.58 bits per heavy atom. The highest BCUT2D eigenvalue weighted by molar-refractivity contribution is 5.90. The molecule has 0 heterocycles. The Hall–Kier alpha value is -2.45. The van der Waals surface area contributed by atoms with E-state index in [1.165, 1.54) is 34.1 Å². The smallest absolute Gasteiger partial charge is 0.424 e. The van der Waals surface area contributed by atoms with Crippen molar-refractivity contribution in [1.29, 1.82) is 0 Å². The van der Waals surface area contributed by atoms with Gasteiger partial charge in [-0.15, -0.1) is 0 Å². The fourth-order valence-corrected chi connectivity index (χ4v) is 4.16. The van der Waals surface area contributed by atoms with Crippen LogP contribution in [-0.2, 0) is 26.1 Å². The molecule has 2 aromatic rings. The SMILES string of the molecule is COCOC(CC(C)(C)c1cc(F)ccc1OC)(C(=O)Cc1cc(C)cc(C)c1)C(F)(F)F. The first kappa shape index (κ1) is 26.8. The summed E-state index contributed by atoms with van der Waals surface area (Å²) < 4.78 is 73.0. The summed E-state index contributed by atoms with van der Waals surface area (Å²) in [7, 11) is 2.52. The quantitative estimate of drug-likeness (QED) is 0.323. The first-order valence-electron chi connectivity index (χ1n) is 10.4. The highest BCUT2D eigenvalue weighted by Gasteiger charge is 2.63. The average Bonchev–Trinajstić information content (AvgIpc) is 2.69. The number of alkyl halides is 3. The molecule has 2 rings (SSSR count). The molecule has 33 heavy (non-hydrogen) atoms. The molecule has 0 aliphatic carbocycles. The standard InChI is InChI=1S/C25H30F4O4/c1-16-9-17(2)11-18(10-16)12-22(30)24(25(27,28)29,33-15-31-5)14-23(3,4)20-13-19(26)7-8-21(20)32-6/h7-11,13H,12,14-15H2,1-6H3. The maximum absolute atomic E-state index is 14.6. The third-order valence-electron chi connectivity index (χ3n) is 5.56. The van der Waals surface area contributed by atoms with Crippen molar-refractivity contribution in [3.63, 3.8) is 0 Å². The molecule has 1 atom stereocenters. The molecule has 4 nitrogen and oxygen atoms in total. The van der Waals surface area contributed by atoms with Crippen LogP contribution in [0, 0.1) is 19.7 Å². The summed E-state index contributed by atoms with van der Waals surface area (Å²) in [5.74, 6) is -1.57. The van der Waals surface area contributed by atoms with E-state index in [1.54, 1.807) is 26.0 Å². The molecule has 0 fully saturated rings. The lowest BCUT2D eigenvalue weighted by Gasteiger charge is -2.40. The Labute approximate surface area is 191 Å². The second-order valence-electron chi connectivity index (χ2n) is 8.88. The number of ether oxygens (including phenoxy) is 3. The van der Waals surface area contributed by atoms with E-state index < -0.39 is 48.4 Å². The number of hydrogen-bond acceptors (Lipinski definition) is 4. The summed E-state index contributed by atoms with van der Waals surface area (Å²) >= 11 is 0. The van der Waals surface area contributed by atoms with Crippen molar-refractivity contribution >= 4 is 5.78 Å². The van der Waals surface area contributed by atoms with Gasteiger partial charge in [-0.1, -0.05) is 43.2 Å². The number of rotatable bonds is 10. The topological polar surface area (TPSA) is 44.8 Å². The zero-order valence-electron chi connectivity index (χ0n) is 19.7. The molecule has 0 amide bonds. The number of methoxy groups -OCH3 is 2. The van der Waals surface area contributed by atoms with Gasteiger partial charge < -0.3 is 14.2 Å². The first-order valence-corrected chi connectivity index (χ1v) is 10.4. The van der Waals surface area contributed by atoms with Gasteiger partial charge in [0.25, 0.3) is 0 Å². The van der Waals surface area contributed by atoms with Crippen molar-refractivity contribution in [2.24, 2.45) is 0 Å². The normalized spacial score (nSPS) is 14.1. The second-order valence-corrected chi connectivity index (χ2v) is 8.88. The Kier molecular flexibility index (Phi) is 8.30. The Balaban J connectivity index is 2.59. The van der Waals surface area contributed by atoms with Crippen LogP contribution in [-0.4, -0.2) is 38.6 Å². The Bertz CT molecular complexity index is 965. The number of ketones is 1. The summed E-state index contributed by atoms with van der Waals surface area (Å²) in [6.45, 7) is 5.85. The van der Waals surface area contributed by atoms with E-state index in [4.69, 9.17) is 14.2 Å². The molecule has 0 aliphatic rings. The van der Waals surface area contributed by atoms with Crippen LogP contribution < -0.4 is 4.74 Å². The van der Waals surface area contributed by atoms with E-state index in [0.717, 1.165) is 23.3 Å². The first-order chi connectivity index (χ1) is 15.3. The van der Waals surface area contributed by atoms with Crippen LogP contribution >= 0.6 is 0 Å². The number of carbonyl (C=O) groups excluding carboxylic acids is 1. The molecule has 0 aromatic heterocycles. The Morgan fingerprint density at radius 1 is 0.970 bits per heavy atom. The molecule has 0 bridgehead atoms. The Morgan fingerprint density at radius 3 is 2.09 bits per heavy atom. The maximum Gasteiger partial charge on any atom is 0.424 e. The maximum atomic E-state index is 14.6. The van der Waals surface area contributed by atoms with E-state index in [-0.39, 0.29) is 11.3 Å². The van der Waals surface area contributed by atoms with Crippen LogP contribution in [0.4, 0.5) is 17.6 Å². The molecule has 0 aliphatic heterocycles. The molecule has 0 saturated carbocycles. The zero-order chi connectivity index (χ0) is 25.0. The number of Topliss-reactive ketones (excluding diaryl/α,β-unsaturated/α-hetero) is 1. The van der Waals surface area contributed by atoms with Crippen LogP contribution in [0.15, 0.2) is 36.4 Å². The van der Waals surface area contributed by atoms with E-state index in [9.17, 15) is 22.4 Å². The van der Waals surface area contributed by atoms with Gasteiger partial charge in [-0.25, -0.2) is 4.39 Å². The van der Waals surface area contributed by atoms with Crippen molar-refractivity contribution < 1.29 is 36.6 Å². The van der Waals surface area contributed by atoms with Gasteiger partial charge in [0.1, 0.15) is 18.4 Å². The van der Waals surface area contributed by atoms with Crippen molar-refractivity contribution in [3.05, 3.63) is 64.5 Å². The summed E-state index contributed by atoms with van der Waals surface area (Å²) in [4.78, 5) is 13.3. The van der Waals surface area contributed by atoms with Crippen LogP contribution in [0.3, 0.4) is 0 Å². The van der Waals surface area contributed by atoms with Gasteiger partial charge in [0, 0.05) is 25.5 Å². The van der Waals surface area contributed by atoms with Gasteiger partial charge >= 0.3 is 6.18 Å². The molecule has 0 N–H and O–H groups in total. The minimum Gasteiger partial charge on any atom is -0.496 e. The summed E-state index contributed by atoms with van der Waals surface area (Å²) in [6, 6.07) is 8.82. The number of benzene rings is 2. The van der Waals surface area contributed by atoms with Crippen LogP contribution in [0.2, 0.25) is 0 Å². The number of aryl methyl sites for hydroxylation is 2. The van der Waals surface area contributed by atoms with Gasteiger partial charge in [-0.2, -0.15) is 13.2 Å². The van der Waals surface area contributed by atoms with Crippen LogP contribution in [0.1, 0.15) is 42.5 Å².